The number of nitrogens with zero attached hydrogens (tertiary/aromatic N) is 2. The smallest absolute Gasteiger partial charge is 0.248 e. The quantitative estimate of drug-likeness (QED) is 0.769. The summed E-state index contributed by atoms with van der Waals surface area (Å²) in [5.74, 6) is -0.179. The molecular formula is C23H26ClN3O3. The maximum absolute atomic E-state index is 13.1. The third kappa shape index (κ3) is 4.67. The van der Waals surface area contributed by atoms with Gasteiger partial charge in [-0.25, -0.2) is 0 Å². The van der Waals surface area contributed by atoms with E-state index in [4.69, 9.17) is 16.3 Å². The number of piperazine rings is 2. The Hall–Kier alpha value is -2.41. The van der Waals surface area contributed by atoms with Crippen molar-refractivity contribution in [1.29, 1.82) is 0 Å². The SMILES string of the molecule is C[C@@H](OCc1ccccc1)[C@@H]1NC(=O)[C@H]2CN(Cc3ccc(Cl)cc3)CCN2C1=O. The Labute approximate surface area is 181 Å². The van der Waals surface area contributed by atoms with Crippen molar-refractivity contribution >= 4 is 23.4 Å². The van der Waals surface area contributed by atoms with Crippen LogP contribution >= 0.6 is 11.6 Å². The standard InChI is InChI=1S/C23H26ClN3O3/c1-16(30-15-18-5-3-2-4-6-18)21-23(29)27-12-11-26(14-20(27)22(28)25-21)13-17-7-9-19(24)10-8-17/h2-10,16,20-21H,11-15H2,1H3,(H,25,28)/t16-,20-,21+/m1/s1. The van der Waals surface area contributed by atoms with Crippen molar-refractivity contribution in [1.82, 2.24) is 15.1 Å². The van der Waals surface area contributed by atoms with Gasteiger partial charge in [-0.15, -0.1) is 0 Å². The van der Waals surface area contributed by atoms with E-state index < -0.39 is 18.2 Å². The molecule has 2 aromatic carbocycles. The van der Waals surface area contributed by atoms with Gasteiger partial charge in [-0.1, -0.05) is 54.1 Å². The molecule has 2 saturated heterocycles. The lowest BCUT2D eigenvalue weighted by Gasteiger charge is -2.46. The van der Waals surface area contributed by atoms with Crippen LogP contribution in [-0.4, -0.2) is 59.4 Å². The van der Waals surface area contributed by atoms with Crippen LogP contribution < -0.4 is 5.32 Å². The predicted molar refractivity (Wildman–Crippen MR) is 115 cm³/mol. The van der Waals surface area contributed by atoms with Crippen molar-refractivity contribution in [2.75, 3.05) is 19.6 Å². The number of hydrogen-bond donors (Lipinski definition) is 1. The number of amides is 2. The highest BCUT2D eigenvalue weighted by Crippen LogP contribution is 2.21. The number of fused-ring (bicyclic) bond motifs is 1. The molecule has 0 radical (unpaired) electrons. The van der Waals surface area contributed by atoms with Gasteiger partial charge in [0.15, 0.2) is 0 Å². The minimum absolute atomic E-state index is 0.0636. The number of halogens is 1. The van der Waals surface area contributed by atoms with Crippen LogP contribution in [-0.2, 0) is 27.5 Å². The first-order chi connectivity index (χ1) is 14.5. The summed E-state index contributed by atoms with van der Waals surface area (Å²) in [4.78, 5) is 29.8. The molecule has 2 aliphatic heterocycles. The van der Waals surface area contributed by atoms with E-state index in [0.717, 1.165) is 24.2 Å². The van der Waals surface area contributed by atoms with E-state index >= 15 is 0 Å². The van der Waals surface area contributed by atoms with Crippen LogP contribution in [0.25, 0.3) is 0 Å². The Bertz CT molecular complexity index is 890. The average molecular weight is 428 g/mol. The molecule has 2 amide bonds. The zero-order valence-electron chi connectivity index (χ0n) is 17.0. The molecule has 2 heterocycles. The highest BCUT2D eigenvalue weighted by molar-refractivity contribution is 6.30. The molecule has 0 unspecified atom stereocenters. The summed E-state index contributed by atoms with van der Waals surface area (Å²) in [6.45, 7) is 4.74. The highest BCUT2D eigenvalue weighted by atomic mass is 35.5. The number of hydrogen-bond acceptors (Lipinski definition) is 4. The molecule has 0 spiro atoms. The Morgan fingerprint density at radius 3 is 2.53 bits per heavy atom. The number of carbonyl (C=O) groups is 2. The fraction of sp³-hybridized carbons (Fsp3) is 0.391. The first-order valence-corrected chi connectivity index (χ1v) is 10.6. The van der Waals surface area contributed by atoms with Crippen molar-refractivity contribution < 1.29 is 14.3 Å². The molecule has 1 N–H and O–H groups in total. The van der Waals surface area contributed by atoms with E-state index in [1.807, 2.05) is 61.5 Å². The minimum Gasteiger partial charge on any atom is -0.371 e. The van der Waals surface area contributed by atoms with Gasteiger partial charge in [-0.3, -0.25) is 14.5 Å². The van der Waals surface area contributed by atoms with Crippen LogP contribution in [0.15, 0.2) is 54.6 Å². The van der Waals surface area contributed by atoms with Crippen LogP contribution in [0.3, 0.4) is 0 Å². The summed E-state index contributed by atoms with van der Waals surface area (Å²) < 4.78 is 5.89. The van der Waals surface area contributed by atoms with Gasteiger partial charge in [0, 0.05) is 31.2 Å². The summed E-state index contributed by atoms with van der Waals surface area (Å²) in [6, 6.07) is 16.4. The summed E-state index contributed by atoms with van der Waals surface area (Å²) >= 11 is 5.96. The molecule has 4 rings (SSSR count). The Morgan fingerprint density at radius 2 is 1.80 bits per heavy atom. The maximum Gasteiger partial charge on any atom is 0.248 e. The topological polar surface area (TPSA) is 61.9 Å². The second kappa shape index (κ2) is 9.16. The lowest BCUT2D eigenvalue weighted by Crippen LogP contribution is -2.71. The van der Waals surface area contributed by atoms with E-state index in [9.17, 15) is 9.59 Å². The van der Waals surface area contributed by atoms with Gasteiger partial charge < -0.3 is 15.0 Å². The van der Waals surface area contributed by atoms with Gasteiger partial charge in [-0.05, 0) is 30.2 Å². The van der Waals surface area contributed by atoms with Crippen molar-refractivity contribution in [2.45, 2.75) is 38.3 Å². The van der Waals surface area contributed by atoms with Crippen LogP contribution in [0, 0.1) is 0 Å². The minimum atomic E-state index is -0.653. The molecule has 0 bridgehead atoms. The fourth-order valence-corrected chi connectivity index (χ4v) is 4.15. The van der Waals surface area contributed by atoms with E-state index in [1.54, 1.807) is 4.90 Å². The van der Waals surface area contributed by atoms with Gasteiger partial charge in [0.2, 0.25) is 11.8 Å². The van der Waals surface area contributed by atoms with Gasteiger partial charge >= 0.3 is 0 Å². The molecule has 0 aromatic heterocycles. The van der Waals surface area contributed by atoms with Crippen molar-refractivity contribution in [3.05, 3.63) is 70.7 Å². The number of nitrogens with one attached hydrogen (secondary N) is 1. The molecule has 6 nitrogen and oxygen atoms in total. The first kappa shape index (κ1) is 20.8. The highest BCUT2D eigenvalue weighted by Gasteiger charge is 2.45. The Kier molecular flexibility index (Phi) is 6.37. The van der Waals surface area contributed by atoms with Crippen molar-refractivity contribution in [2.24, 2.45) is 0 Å². The third-order valence-corrected chi connectivity index (χ3v) is 6.01. The zero-order valence-corrected chi connectivity index (χ0v) is 17.7. The van der Waals surface area contributed by atoms with Crippen LogP contribution in [0.4, 0.5) is 0 Å². The number of carbonyl (C=O) groups excluding carboxylic acids is 2. The fourth-order valence-electron chi connectivity index (χ4n) is 4.03. The molecule has 7 heteroatoms. The molecule has 2 fully saturated rings. The van der Waals surface area contributed by atoms with Crippen LogP contribution in [0.5, 0.6) is 0 Å². The molecule has 0 aliphatic carbocycles. The second-order valence-electron chi connectivity index (χ2n) is 7.90. The molecule has 158 valence electrons. The second-order valence-corrected chi connectivity index (χ2v) is 8.33. The maximum atomic E-state index is 13.1. The summed E-state index contributed by atoms with van der Waals surface area (Å²) in [5, 5.41) is 3.60. The van der Waals surface area contributed by atoms with Crippen molar-refractivity contribution in [3.63, 3.8) is 0 Å². The number of rotatable bonds is 6. The summed E-state index contributed by atoms with van der Waals surface area (Å²) in [6.07, 6.45) is -0.408. The molecule has 3 atom stereocenters. The van der Waals surface area contributed by atoms with E-state index in [2.05, 4.69) is 10.2 Å². The first-order valence-electron chi connectivity index (χ1n) is 10.2. The average Bonchev–Trinajstić information content (AvgIpc) is 2.77. The molecule has 30 heavy (non-hydrogen) atoms. The van der Waals surface area contributed by atoms with E-state index in [0.29, 0.717) is 24.7 Å². The number of ether oxygens (including phenoxy) is 1. The van der Waals surface area contributed by atoms with Gasteiger partial charge in [0.1, 0.15) is 12.1 Å². The molecule has 2 aliphatic rings. The monoisotopic (exact) mass is 427 g/mol. The van der Waals surface area contributed by atoms with Crippen LogP contribution in [0.2, 0.25) is 5.02 Å². The molecular weight excluding hydrogens is 402 g/mol. The van der Waals surface area contributed by atoms with E-state index in [1.165, 1.54) is 0 Å². The van der Waals surface area contributed by atoms with E-state index in [-0.39, 0.29) is 11.8 Å². The largest absolute Gasteiger partial charge is 0.371 e. The zero-order chi connectivity index (χ0) is 21.1. The lowest BCUT2D eigenvalue weighted by molar-refractivity contribution is -0.157. The summed E-state index contributed by atoms with van der Waals surface area (Å²) in [5.41, 5.74) is 2.17. The van der Waals surface area contributed by atoms with Gasteiger partial charge in [-0.2, -0.15) is 0 Å². The Balaban J connectivity index is 1.35. The lowest BCUT2D eigenvalue weighted by atomic mass is 10.0. The summed E-state index contributed by atoms with van der Waals surface area (Å²) in [7, 11) is 0. The normalized spacial score (nSPS) is 23.1. The predicted octanol–water partition coefficient (Wildman–Crippen LogP) is 2.46. The molecule has 2 aromatic rings. The van der Waals surface area contributed by atoms with Gasteiger partial charge in [0.05, 0.1) is 12.7 Å². The number of benzene rings is 2. The van der Waals surface area contributed by atoms with Crippen LogP contribution in [0.1, 0.15) is 18.1 Å². The van der Waals surface area contributed by atoms with Gasteiger partial charge in [0.25, 0.3) is 0 Å². The van der Waals surface area contributed by atoms with Crippen molar-refractivity contribution in [3.8, 4) is 0 Å². The Morgan fingerprint density at radius 1 is 1.07 bits per heavy atom. The third-order valence-electron chi connectivity index (χ3n) is 5.76. The molecule has 0 saturated carbocycles.